The van der Waals surface area contributed by atoms with E-state index in [1.165, 1.54) is 47.8 Å². The SMILES string of the molecule is Cc1cc(N2CCCSCC2)ccc1CC(C)N. The van der Waals surface area contributed by atoms with Gasteiger partial charge in [0, 0.05) is 30.6 Å². The van der Waals surface area contributed by atoms with Crippen molar-refractivity contribution in [1.82, 2.24) is 0 Å². The van der Waals surface area contributed by atoms with Gasteiger partial charge >= 0.3 is 0 Å². The second kappa shape index (κ2) is 6.48. The van der Waals surface area contributed by atoms with Crippen LogP contribution in [0.15, 0.2) is 18.2 Å². The Balaban J connectivity index is 2.11. The average molecular weight is 264 g/mol. The zero-order valence-electron chi connectivity index (χ0n) is 11.5. The third-order valence-corrected chi connectivity index (χ3v) is 4.50. The Kier molecular flexibility index (Phi) is 4.95. The Labute approximate surface area is 115 Å². The molecule has 0 radical (unpaired) electrons. The minimum Gasteiger partial charge on any atom is -0.371 e. The van der Waals surface area contributed by atoms with Crippen LogP contribution in [0.4, 0.5) is 5.69 Å². The molecular formula is C15H24N2S. The first-order valence-corrected chi connectivity index (χ1v) is 8.00. The van der Waals surface area contributed by atoms with Crippen LogP contribution in [0.3, 0.4) is 0 Å². The van der Waals surface area contributed by atoms with Gasteiger partial charge < -0.3 is 10.6 Å². The normalized spacial score (nSPS) is 18.5. The molecule has 1 unspecified atom stereocenters. The van der Waals surface area contributed by atoms with E-state index >= 15 is 0 Å². The number of nitrogens with zero attached hydrogens (tertiary/aromatic N) is 1. The maximum Gasteiger partial charge on any atom is 0.0369 e. The lowest BCUT2D eigenvalue weighted by Gasteiger charge is -2.23. The van der Waals surface area contributed by atoms with Crippen molar-refractivity contribution >= 4 is 17.4 Å². The molecule has 0 spiro atoms. The third-order valence-electron chi connectivity index (χ3n) is 3.46. The summed E-state index contributed by atoms with van der Waals surface area (Å²) in [6.07, 6.45) is 2.27. The van der Waals surface area contributed by atoms with Crippen LogP contribution in [-0.2, 0) is 6.42 Å². The minimum absolute atomic E-state index is 0.240. The number of anilines is 1. The number of benzene rings is 1. The predicted molar refractivity (Wildman–Crippen MR) is 82.7 cm³/mol. The van der Waals surface area contributed by atoms with Crippen molar-refractivity contribution in [1.29, 1.82) is 0 Å². The van der Waals surface area contributed by atoms with E-state index in [9.17, 15) is 0 Å². The van der Waals surface area contributed by atoms with E-state index in [4.69, 9.17) is 5.73 Å². The maximum atomic E-state index is 5.88. The zero-order valence-corrected chi connectivity index (χ0v) is 12.3. The molecule has 2 nitrogen and oxygen atoms in total. The molecule has 0 aromatic heterocycles. The fraction of sp³-hybridized carbons (Fsp3) is 0.600. The van der Waals surface area contributed by atoms with E-state index < -0.39 is 0 Å². The molecule has 2 N–H and O–H groups in total. The van der Waals surface area contributed by atoms with E-state index in [0.29, 0.717) is 0 Å². The van der Waals surface area contributed by atoms with Crippen LogP contribution in [-0.4, -0.2) is 30.6 Å². The van der Waals surface area contributed by atoms with Crippen molar-refractivity contribution in [2.75, 3.05) is 29.5 Å². The lowest BCUT2D eigenvalue weighted by molar-refractivity contribution is 0.734. The van der Waals surface area contributed by atoms with Gasteiger partial charge in [0.2, 0.25) is 0 Å². The van der Waals surface area contributed by atoms with Gasteiger partial charge in [-0.2, -0.15) is 11.8 Å². The monoisotopic (exact) mass is 264 g/mol. The molecule has 1 aliphatic heterocycles. The Hall–Kier alpha value is -0.670. The van der Waals surface area contributed by atoms with E-state index in [2.05, 4.69) is 48.7 Å². The number of rotatable bonds is 3. The van der Waals surface area contributed by atoms with Crippen molar-refractivity contribution in [2.45, 2.75) is 32.7 Å². The summed E-state index contributed by atoms with van der Waals surface area (Å²) in [6, 6.07) is 7.09. The number of aryl methyl sites for hydroxylation is 1. The molecule has 1 heterocycles. The Morgan fingerprint density at radius 3 is 2.89 bits per heavy atom. The average Bonchev–Trinajstić information content (AvgIpc) is 2.60. The summed E-state index contributed by atoms with van der Waals surface area (Å²) in [6.45, 7) is 6.64. The van der Waals surface area contributed by atoms with Crippen molar-refractivity contribution in [3.8, 4) is 0 Å². The van der Waals surface area contributed by atoms with Crippen LogP contribution in [0.25, 0.3) is 0 Å². The van der Waals surface area contributed by atoms with Gasteiger partial charge in [0.1, 0.15) is 0 Å². The number of thioether (sulfide) groups is 1. The van der Waals surface area contributed by atoms with E-state index in [-0.39, 0.29) is 6.04 Å². The first kappa shape index (κ1) is 13.8. The van der Waals surface area contributed by atoms with Gasteiger partial charge in [-0.05, 0) is 55.7 Å². The molecular weight excluding hydrogens is 240 g/mol. The van der Waals surface area contributed by atoms with Gasteiger partial charge in [-0.25, -0.2) is 0 Å². The standard InChI is InChI=1S/C15H24N2S/c1-12-10-15(5-4-14(12)11-13(2)16)17-6-3-8-18-9-7-17/h4-5,10,13H,3,6-9,11,16H2,1-2H3. The highest BCUT2D eigenvalue weighted by Crippen LogP contribution is 2.22. The molecule has 1 aromatic rings. The first-order valence-electron chi connectivity index (χ1n) is 6.84. The topological polar surface area (TPSA) is 29.3 Å². The molecule has 1 aliphatic rings. The third kappa shape index (κ3) is 3.66. The summed E-state index contributed by atoms with van der Waals surface area (Å²) >= 11 is 2.07. The molecule has 0 bridgehead atoms. The van der Waals surface area contributed by atoms with Gasteiger partial charge in [0.15, 0.2) is 0 Å². The molecule has 3 heteroatoms. The Morgan fingerprint density at radius 2 is 2.17 bits per heavy atom. The smallest absolute Gasteiger partial charge is 0.0369 e. The summed E-state index contributed by atoms with van der Waals surface area (Å²) in [5.41, 5.74) is 10.0. The number of nitrogens with two attached hydrogens (primary N) is 1. The van der Waals surface area contributed by atoms with Gasteiger partial charge in [-0.1, -0.05) is 6.07 Å². The largest absolute Gasteiger partial charge is 0.371 e. The fourth-order valence-corrected chi connectivity index (χ4v) is 3.34. The molecule has 0 aliphatic carbocycles. The fourth-order valence-electron chi connectivity index (χ4n) is 2.46. The van der Waals surface area contributed by atoms with Gasteiger partial charge in [-0.15, -0.1) is 0 Å². The minimum atomic E-state index is 0.240. The molecule has 1 aromatic carbocycles. The van der Waals surface area contributed by atoms with E-state index in [1.54, 1.807) is 0 Å². The predicted octanol–water partition coefficient (Wildman–Crippen LogP) is 2.83. The van der Waals surface area contributed by atoms with Crippen LogP contribution in [0, 0.1) is 6.92 Å². The Bertz CT molecular complexity index is 382. The van der Waals surface area contributed by atoms with E-state index in [1.807, 2.05) is 0 Å². The maximum absolute atomic E-state index is 5.88. The summed E-state index contributed by atoms with van der Waals surface area (Å²) in [4.78, 5) is 2.52. The number of hydrogen-bond donors (Lipinski definition) is 1. The van der Waals surface area contributed by atoms with Crippen molar-refractivity contribution in [3.63, 3.8) is 0 Å². The van der Waals surface area contributed by atoms with Gasteiger partial charge in [0.05, 0.1) is 0 Å². The lowest BCUT2D eigenvalue weighted by atomic mass is 10.0. The van der Waals surface area contributed by atoms with Gasteiger partial charge in [-0.3, -0.25) is 0 Å². The second-order valence-electron chi connectivity index (χ2n) is 5.25. The molecule has 0 amide bonds. The summed E-state index contributed by atoms with van der Waals surface area (Å²) in [5, 5.41) is 0. The van der Waals surface area contributed by atoms with Crippen LogP contribution < -0.4 is 10.6 Å². The summed E-state index contributed by atoms with van der Waals surface area (Å²) < 4.78 is 0. The second-order valence-corrected chi connectivity index (χ2v) is 6.47. The van der Waals surface area contributed by atoms with Crippen LogP contribution in [0.1, 0.15) is 24.5 Å². The van der Waals surface area contributed by atoms with E-state index in [0.717, 1.165) is 6.42 Å². The molecule has 1 fully saturated rings. The van der Waals surface area contributed by atoms with Crippen LogP contribution in [0.2, 0.25) is 0 Å². The zero-order chi connectivity index (χ0) is 13.0. The molecule has 1 saturated heterocycles. The summed E-state index contributed by atoms with van der Waals surface area (Å²) in [7, 11) is 0. The highest BCUT2D eigenvalue weighted by molar-refractivity contribution is 7.99. The van der Waals surface area contributed by atoms with Crippen LogP contribution in [0.5, 0.6) is 0 Å². The highest BCUT2D eigenvalue weighted by atomic mass is 32.2. The molecule has 18 heavy (non-hydrogen) atoms. The van der Waals surface area contributed by atoms with Crippen molar-refractivity contribution < 1.29 is 0 Å². The van der Waals surface area contributed by atoms with Crippen LogP contribution >= 0.6 is 11.8 Å². The van der Waals surface area contributed by atoms with Gasteiger partial charge in [0.25, 0.3) is 0 Å². The quantitative estimate of drug-likeness (QED) is 0.910. The Morgan fingerprint density at radius 1 is 1.33 bits per heavy atom. The summed E-state index contributed by atoms with van der Waals surface area (Å²) in [5.74, 6) is 2.55. The lowest BCUT2D eigenvalue weighted by Crippen LogP contribution is -2.25. The van der Waals surface area contributed by atoms with Crippen molar-refractivity contribution in [3.05, 3.63) is 29.3 Å². The highest BCUT2D eigenvalue weighted by Gasteiger charge is 2.11. The van der Waals surface area contributed by atoms with Crippen molar-refractivity contribution in [2.24, 2.45) is 5.73 Å². The number of hydrogen-bond acceptors (Lipinski definition) is 3. The molecule has 100 valence electrons. The molecule has 2 rings (SSSR count). The molecule has 0 saturated carbocycles. The first-order chi connectivity index (χ1) is 8.66. The molecule has 1 atom stereocenters.